The van der Waals surface area contributed by atoms with Crippen molar-refractivity contribution in [3.63, 3.8) is 0 Å². The van der Waals surface area contributed by atoms with Crippen molar-refractivity contribution in [1.29, 1.82) is 0 Å². The van der Waals surface area contributed by atoms with Crippen LogP contribution >= 0.6 is 15.9 Å². The van der Waals surface area contributed by atoms with Crippen molar-refractivity contribution in [3.8, 4) is 0 Å². The van der Waals surface area contributed by atoms with Gasteiger partial charge in [-0.15, -0.1) is 0 Å². The van der Waals surface area contributed by atoms with E-state index < -0.39 is 0 Å². The maximum atomic E-state index is 3.66. The fraction of sp³-hybridized carbons (Fsp3) is 0.647. The largest absolute Gasteiger partial charge is 0.0921 e. The van der Waals surface area contributed by atoms with Crippen LogP contribution in [-0.2, 0) is 0 Å². The van der Waals surface area contributed by atoms with Gasteiger partial charge in [0.1, 0.15) is 0 Å². The molecule has 1 atom stereocenters. The predicted octanol–water partition coefficient (Wildman–Crippen LogP) is 6.31. The number of hydrogen-bond acceptors (Lipinski definition) is 0. The SMILES string of the molecule is CCCCCCCCCC(CBr)c1ccccc1. The van der Waals surface area contributed by atoms with Gasteiger partial charge in [0.15, 0.2) is 0 Å². The van der Waals surface area contributed by atoms with Gasteiger partial charge in [-0.2, -0.15) is 0 Å². The molecule has 1 aromatic rings. The smallest absolute Gasteiger partial charge is 0.0100 e. The van der Waals surface area contributed by atoms with Crippen molar-refractivity contribution in [2.45, 2.75) is 64.2 Å². The minimum absolute atomic E-state index is 0.696. The zero-order chi connectivity index (χ0) is 13.1. The molecule has 0 heterocycles. The van der Waals surface area contributed by atoms with Gasteiger partial charge in [-0.05, 0) is 17.9 Å². The average Bonchev–Trinajstić information content (AvgIpc) is 2.43. The van der Waals surface area contributed by atoms with E-state index in [2.05, 4.69) is 53.2 Å². The molecule has 0 amide bonds. The first-order chi connectivity index (χ1) is 8.88. The molecule has 1 aromatic carbocycles. The molecule has 0 bridgehead atoms. The summed E-state index contributed by atoms with van der Waals surface area (Å²) in [5.74, 6) is 0.696. The lowest BCUT2D eigenvalue weighted by atomic mass is 9.94. The van der Waals surface area contributed by atoms with E-state index in [-0.39, 0.29) is 0 Å². The van der Waals surface area contributed by atoms with Crippen LogP contribution in [0.1, 0.15) is 69.8 Å². The first-order valence-corrected chi connectivity index (χ1v) is 8.61. The van der Waals surface area contributed by atoms with Crippen LogP contribution in [0.15, 0.2) is 30.3 Å². The van der Waals surface area contributed by atoms with Gasteiger partial charge in [0.05, 0.1) is 0 Å². The van der Waals surface area contributed by atoms with Crippen LogP contribution in [0, 0.1) is 0 Å². The second-order valence-corrected chi connectivity index (χ2v) is 5.82. The van der Waals surface area contributed by atoms with Crippen molar-refractivity contribution < 1.29 is 0 Å². The van der Waals surface area contributed by atoms with E-state index in [1.54, 1.807) is 0 Å². The normalized spacial score (nSPS) is 12.6. The molecule has 0 N–H and O–H groups in total. The minimum atomic E-state index is 0.696. The highest BCUT2D eigenvalue weighted by Gasteiger charge is 2.08. The molecule has 1 rings (SSSR count). The Hall–Kier alpha value is -0.300. The zero-order valence-electron chi connectivity index (χ0n) is 11.7. The lowest BCUT2D eigenvalue weighted by molar-refractivity contribution is 0.553. The van der Waals surface area contributed by atoms with Gasteiger partial charge in [0.25, 0.3) is 0 Å². The number of hydrogen-bond donors (Lipinski definition) is 0. The molecule has 0 aromatic heterocycles. The Labute approximate surface area is 121 Å². The molecule has 0 aliphatic carbocycles. The first-order valence-electron chi connectivity index (χ1n) is 7.49. The summed E-state index contributed by atoms with van der Waals surface area (Å²) in [6.07, 6.45) is 11.1. The summed E-state index contributed by atoms with van der Waals surface area (Å²) in [7, 11) is 0. The number of rotatable bonds is 10. The van der Waals surface area contributed by atoms with Crippen LogP contribution in [0.5, 0.6) is 0 Å². The second kappa shape index (κ2) is 10.6. The lowest BCUT2D eigenvalue weighted by Gasteiger charge is -2.14. The molecule has 0 aliphatic rings. The molecule has 0 aliphatic heterocycles. The van der Waals surface area contributed by atoms with Crippen molar-refractivity contribution in [3.05, 3.63) is 35.9 Å². The van der Waals surface area contributed by atoms with Gasteiger partial charge in [-0.3, -0.25) is 0 Å². The van der Waals surface area contributed by atoms with Crippen molar-refractivity contribution in [1.82, 2.24) is 0 Å². The van der Waals surface area contributed by atoms with E-state index in [4.69, 9.17) is 0 Å². The molecule has 0 fully saturated rings. The third kappa shape index (κ3) is 6.58. The number of halogens is 1. The minimum Gasteiger partial charge on any atom is -0.0921 e. The Morgan fingerprint density at radius 3 is 2.11 bits per heavy atom. The molecule has 0 saturated carbocycles. The third-order valence-corrected chi connectivity index (χ3v) is 4.39. The van der Waals surface area contributed by atoms with Gasteiger partial charge >= 0.3 is 0 Å². The van der Waals surface area contributed by atoms with E-state index in [1.807, 2.05) is 0 Å². The molecule has 18 heavy (non-hydrogen) atoms. The summed E-state index contributed by atoms with van der Waals surface area (Å²) in [4.78, 5) is 0. The van der Waals surface area contributed by atoms with Gasteiger partial charge < -0.3 is 0 Å². The van der Waals surface area contributed by atoms with Gasteiger partial charge in [0, 0.05) is 5.33 Å². The second-order valence-electron chi connectivity index (χ2n) is 5.17. The number of unbranched alkanes of at least 4 members (excludes halogenated alkanes) is 6. The van der Waals surface area contributed by atoms with Crippen LogP contribution in [0.4, 0.5) is 0 Å². The maximum Gasteiger partial charge on any atom is 0.0100 e. The highest BCUT2D eigenvalue weighted by molar-refractivity contribution is 9.09. The topological polar surface area (TPSA) is 0 Å². The van der Waals surface area contributed by atoms with Crippen LogP contribution in [-0.4, -0.2) is 5.33 Å². The zero-order valence-corrected chi connectivity index (χ0v) is 13.3. The summed E-state index contributed by atoms with van der Waals surface area (Å²) in [6.45, 7) is 2.28. The summed E-state index contributed by atoms with van der Waals surface area (Å²) in [5, 5.41) is 1.09. The monoisotopic (exact) mass is 310 g/mol. The quantitative estimate of drug-likeness (QED) is 0.351. The van der Waals surface area contributed by atoms with Crippen molar-refractivity contribution in [2.24, 2.45) is 0 Å². The van der Waals surface area contributed by atoms with Gasteiger partial charge in [0.2, 0.25) is 0 Å². The van der Waals surface area contributed by atoms with E-state index in [9.17, 15) is 0 Å². The third-order valence-electron chi connectivity index (χ3n) is 3.61. The van der Waals surface area contributed by atoms with Crippen LogP contribution in [0.3, 0.4) is 0 Å². The Morgan fingerprint density at radius 1 is 0.889 bits per heavy atom. The highest BCUT2D eigenvalue weighted by Crippen LogP contribution is 2.24. The summed E-state index contributed by atoms with van der Waals surface area (Å²) in [5.41, 5.74) is 1.49. The first kappa shape index (κ1) is 15.8. The van der Waals surface area contributed by atoms with Crippen molar-refractivity contribution >= 4 is 15.9 Å². The van der Waals surface area contributed by atoms with E-state index in [0.717, 1.165) is 5.33 Å². The fourth-order valence-electron chi connectivity index (χ4n) is 2.41. The highest BCUT2D eigenvalue weighted by atomic mass is 79.9. The molecule has 0 nitrogen and oxygen atoms in total. The van der Waals surface area contributed by atoms with E-state index in [0.29, 0.717) is 5.92 Å². The Bertz CT molecular complexity index is 281. The summed E-state index contributed by atoms with van der Waals surface area (Å²) >= 11 is 3.66. The van der Waals surface area contributed by atoms with Gasteiger partial charge in [-0.25, -0.2) is 0 Å². The maximum absolute atomic E-state index is 3.66. The number of alkyl halides is 1. The molecule has 0 spiro atoms. The van der Waals surface area contributed by atoms with Crippen molar-refractivity contribution in [2.75, 3.05) is 5.33 Å². The van der Waals surface area contributed by atoms with Crippen LogP contribution < -0.4 is 0 Å². The van der Waals surface area contributed by atoms with Crippen LogP contribution in [0.25, 0.3) is 0 Å². The summed E-state index contributed by atoms with van der Waals surface area (Å²) < 4.78 is 0. The fourth-order valence-corrected chi connectivity index (χ4v) is 3.10. The number of benzene rings is 1. The van der Waals surface area contributed by atoms with E-state index >= 15 is 0 Å². The molecule has 1 unspecified atom stereocenters. The Balaban J connectivity index is 2.13. The standard InChI is InChI=1S/C17H27Br/c1-2-3-4-5-6-7-9-14-17(15-18)16-12-10-8-11-13-16/h8,10-13,17H,2-7,9,14-15H2,1H3. The van der Waals surface area contributed by atoms with Gasteiger partial charge in [-0.1, -0.05) is 98.1 Å². The average molecular weight is 311 g/mol. The van der Waals surface area contributed by atoms with E-state index in [1.165, 1.54) is 56.9 Å². The summed E-state index contributed by atoms with van der Waals surface area (Å²) in [6, 6.07) is 10.9. The Kier molecular flexibility index (Phi) is 9.28. The Morgan fingerprint density at radius 2 is 1.50 bits per heavy atom. The molecule has 0 saturated heterocycles. The van der Waals surface area contributed by atoms with Crippen LogP contribution in [0.2, 0.25) is 0 Å². The molecular weight excluding hydrogens is 284 g/mol. The molecule has 1 heteroatoms. The molecule has 102 valence electrons. The predicted molar refractivity (Wildman–Crippen MR) is 85.6 cm³/mol. The molecule has 0 radical (unpaired) electrons. The molecular formula is C17H27Br. The lowest BCUT2D eigenvalue weighted by Crippen LogP contribution is -2.00.